The second kappa shape index (κ2) is 13.2. The van der Waals surface area contributed by atoms with Crippen LogP contribution in [0.1, 0.15) is 90.4 Å². The van der Waals surface area contributed by atoms with Crippen molar-refractivity contribution in [3.8, 4) is 0 Å². The normalized spacial score (nSPS) is 30.7. The Morgan fingerprint density at radius 3 is 2.63 bits per heavy atom. The topological polar surface area (TPSA) is 76.0 Å². The van der Waals surface area contributed by atoms with E-state index >= 15 is 0 Å². The second-order valence-corrected chi connectivity index (χ2v) is 9.38. The first-order chi connectivity index (χ1) is 14.4. The highest BCUT2D eigenvalue weighted by Gasteiger charge is 2.54. The molecule has 0 bridgehead atoms. The molecule has 1 saturated carbocycles. The molecule has 0 aromatic heterocycles. The first kappa shape index (κ1) is 25.8. The molecule has 1 aliphatic carbocycles. The van der Waals surface area contributed by atoms with Gasteiger partial charge < -0.3 is 19.7 Å². The number of carbonyl (C=O) groups is 1. The van der Waals surface area contributed by atoms with Crippen LogP contribution in [0.4, 0.5) is 4.39 Å². The van der Waals surface area contributed by atoms with Crippen LogP contribution < -0.4 is 0 Å². The fourth-order valence-electron chi connectivity index (χ4n) is 5.07. The largest absolute Gasteiger partial charge is 0.481 e. The average molecular weight is 451 g/mol. The lowest BCUT2D eigenvalue weighted by atomic mass is 9.83. The Balaban J connectivity index is 1.87. The summed E-state index contributed by atoms with van der Waals surface area (Å²) >= 11 is 5.99. The molecule has 1 heterocycles. The zero-order valence-electron chi connectivity index (χ0n) is 18.4. The van der Waals surface area contributed by atoms with E-state index in [2.05, 4.69) is 0 Å². The first-order valence-electron chi connectivity index (χ1n) is 11.8. The standard InChI is InChI=1S/C23H40ClFO5/c1-2-3-9-20(25)21(26)12-11-17-13-14-23(29-16-18(15-24)30-23)19(17)8-6-4-5-7-10-22(27)28/h17-21,26H,2-16H2,1H3,(H,27,28)/t17-,18?,19+,20?,21-,23?/m0/s1. The third-order valence-electron chi connectivity index (χ3n) is 6.79. The molecule has 0 aromatic carbocycles. The molecule has 2 aliphatic rings. The zero-order chi connectivity index (χ0) is 22.0. The van der Waals surface area contributed by atoms with Crippen molar-refractivity contribution in [1.82, 2.24) is 0 Å². The Kier molecular flexibility index (Phi) is 11.4. The highest BCUT2D eigenvalue weighted by Crippen LogP contribution is 2.51. The number of ether oxygens (including phenoxy) is 2. The molecule has 3 unspecified atom stereocenters. The SMILES string of the molecule is CCCCC(F)[C@@H](O)CC[C@H]1CCC2(OCC(CCl)O2)[C@@H]1CCCCCCC(=O)O. The molecule has 30 heavy (non-hydrogen) atoms. The predicted molar refractivity (Wildman–Crippen MR) is 115 cm³/mol. The highest BCUT2D eigenvalue weighted by atomic mass is 35.5. The van der Waals surface area contributed by atoms with E-state index in [1.54, 1.807) is 0 Å². The van der Waals surface area contributed by atoms with Gasteiger partial charge in [0.1, 0.15) is 6.17 Å². The highest BCUT2D eigenvalue weighted by molar-refractivity contribution is 6.18. The quantitative estimate of drug-likeness (QED) is 0.256. The van der Waals surface area contributed by atoms with Crippen LogP contribution in [0.3, 0.4) is 0 Å². The van der Waals surface area contributed by atoms with Crippen molar-refractivity contribution in [3.05, 3.63) is 0 Å². The minimum absolute atomic E-state index is 0.0849. The van der Waals surface area contributed by atoms with Crippen molar-refractivity contribution in [1.29, 1.82) is 0 Å². The van der Waals surface area contributed by atoms with Crippen LogP contribution in [-0.4, -0.2) is 52.8 Å². The fraction of sp³-hybridized carbons (Fsp3) is 0.957. The third kappa shape index (κ3) is 7.61. The Morgan fingerprint density at radius 1 is 1.20 bits per heavy atom. The van der Waals surface area contributed by atoms with E-state index in [0.717, 1.165) is 57.8 Å². The molecular formula is C23H40ClFO5. The van der Waals surface area contributed by atoms with Gasteiger partial charge in [0.25, 0.3) is 0 Å². The molecular weight excluding hydrogens is 411 g/mol. The Bertz CT molecular complexity index is 508. The van der Waals surface area contributed by atoms with Gasteiger partial charge in [-0.3, -0.25) is 4.79 Å². The summed E-state index contributed by atoms with van der Waals surface area (Å²) in [6, 6.07) is 0. The molecule has 0 amide bonds. The van der Waals surface area contributed by atoms with Crippen molar-refractivity contribution in [2.75, 3.05) is 12.5 Å². The van der Waals surface area contributed by atoms with Gasteiger partial charge in [-0.1, -0.05) is 39.0 Å². The van der Waals surface area contributed by atoms with Gasteiger partial charge >= 0.3 is 5.97 Å². The Hall–Kier alpha value is -0.430. The minimum Gasteiger partial charge on any atom is -0.481 e. The average Bonchev–Trinajstić information content (AvgIpc) is 3.30. The number of halogens is 2. The Morgan fingerprint density at radius 2 is 1.97 bits per heavy atom. The summed E-state index contributed by atoms with van der Waals surface area (Å²) in [4.78, 5) is 10.7. The number of hydrogen-bond donors (Lipinski definition) is 2. The van der Waals surface area contributed by atoms with E-state index < -0.39 is 24.0 Å². The van der Waals surface area contributed by atoms with Gasteiger partial charge in [-0.25, -0.2) is 4.39 Å². The van der Waals surface area contributed by atoms with Crippen LogP contribution >= 0.6 is 11.6 Å². The molecule has 1 saturated heterocycles. The van der Waals surface area contributed by atoms with Gasteiger partial charge in [0, 0.05) is 18.8 Å². The summed E-state index contributed by atoms with van der Waals surface area (Å²) < 4.78 is 26.6. The summed E-state index contributed by atoms with van der Waals surface area (Å²) in [6.07, 6.45) is 7.81. The molecule has 6 atom stereocenters. The monoisotopic (exact) mass is 450 g/mol. The number of rotatable bonds is 15. The van der Waals surface area contributed by atoms with Crippen molar-refractivity contribution < 1.29 is 28.9 Å². The zero-order valence-corrected chi connectivity index (χ0v) is 19.1. The number of aliphatic hydroxyl groups is 1. The summed E-state index contributed by atoms with van der Waals surface area (Å²) in [5, 5.41) is 19.0. The molecule has 2 rings (SSSR count). The van der Waals surface area contributed by atoms with Crippen molar-refractivity contribution in [2.24, 2.45) is 11.8 Å². The number of carboxylic acid groups (broad SMARTS) is 1. The third-order valence-corrected chi connectivity index (χ3v) is 7.13. The van der Waals surface area contributed by atoms with E-state index in [1.807, 2.05) is 6.92 Å². The van der Waals surface area contributed by atoms with Gasteiger partial charge in [0.15, 0.2) is 5.79 Å². The lowest BCUT2D eigenvalue weighted by Crippen LogP contribution is -2.38. The predicted octanol–water partition coefficient (Wildman–Crippen LogP) is 5.46. The van der Waals surface area contributed by atoms with Gasteiger partial charge in [-0.15, -0.1) is 11.6 Å². The summed E-state index contributed by atoms with van der Waals surface area (Å²) in [5.74, 6) is -0.368. The summed E-state index contributed by atoms with van der Waals surface area (Å²) in [7, 11) is 0. The summed E-state index contributed by atoms with van der Waals surface area (Å²) in [5.41, 5.74) is 0. The number of alkyl halides is 2. The van der Waals surface area contributed by atoms with E-state index in [9.17, 15) is 14.3 Å². The smallest absolute Gasteiger partial charge is 0.303 e. The number of aliphatic carboxylic acids is 1. The lowest BCUT2D eigenvalue weighted by molar-refractivity contribution is -0.196. The van der Waals surface area contributed by atoms with Crippen molar-refractivity contribution in [3.63, 3.8) is 0 Å². The van der Waals surface area contributed by atoms with Crippen LogP contribution in [-0.2, 0) is 14.3 Å². The number of unbranched alkanes of at least 4 members (excludes halogenated alkanes) is 4. The molecule has 0 radical (unpaired) electrons. The van der Waals surface area contributed by atoms with Crippen molar-refractivity contribution >= 4 is 17.6 Å². The lowest BCUT2D eigenvalue weighted by Gasteiger charge is -2.33. The molecule has 176 valence electrons. The van der Waals surface area contributed by atoms with Crippen molar-refractivity contribution in [2.45, 2.75) is 115 Å². The molecule has 7 heteroatoms. The molecule has 2 fully saturated rings. The van der Waals surface area contributed by atoms with Crippen LogP contribution in [0.5, 0.6) is 0 Å². The van der Waals surface area contributed by atoms with Crippen LogP contribution in [0.15, 0.2) is 0 Å². The molecule has 0 aromatic rings. The molecule has 1 spiro atoms. The Labute approximate surface area is 185 Å². The maximum atomic E-state index is 14.2. The first-order valence-corrected chi connectivity index (χ1v) is 12.4. The number of hydrogen-bond acceptors (Lipinski definition) is 4. The van der Waals surface area contributed by atoms with E-state index in [0.29, 0.717) is 37.7 Å². The van der Waals surface area contributed by atoms with Gasteiger partial charge in [0.05, 0.1) is 24.7 Å². The van der Waals surface area contributed by atoms with Crippen LogP contribution in [0, 0.1) is 11.8 Å². The van der Waals surface area contributed by atoms with Crippen LogP contribution in [0.25, 0.3) is 0 Å². The molecule has 2 N–H and O–H groups in total. The fourth-order valence-corrected chi connectivity index (χ4v) is 5.22. The number of carboxylic acids is 1. The minimum atomic E-state index is -1.15. The van der Waals surface area contributed by atoms with Gasteiger partial charge in [-0.2, -0.15) is 0 Å². The molecule has 5 nitrogen and oxygen atoms in total. The van der Waals surface area contributed by atoms with Crippen LogP contribution in [0.2, 0.25) is 0 Å². The van der Waals surface area contributed by atoms with E-state index in [-0.39, 0.29) is 18.4 Å². The maximum absolute atomic E-state index is 14.2. The van der Waals surface area contributed by atoms with Gasteiger partial charge in [-0.05, 0) is 44.4 Å². The van der Waals surface area contributed by atoms with E-state index in [4.69, 9.17) is 26.2 Å². The van der Waals surface area contributed by atoms with E-state index in [1.165, 1.54) is 0 Å². The second-order valence-electron chi connectivity index (χ2n) is 9.07. The molecule has 1 aliphatic heterocycles. The maximum Gasteiger partial charge on any atom is 0.303 e. The summed E-state index contributed by atoms with van der Waals surface area (Å²) in [6.45, 7) is 2.54. The number of aliphatic hydroxyl groups excluding tert-OH is 1. The van der Waals surface area contributed by atoms with Gasteiger partial charge in [0.2, 0.25) is 0 Å².